The van der Waals surface area contributed by atoms with Crippen LogP contribution < -0.4 is 0 Å². The predicted octanol–water partition coefficient (Wildman–Crippen LogP) is 14.3. The summed E-state index contributed by atoms with van der Waals surface area (Å²) in [6, 6.07) is 70.2. The van der Waals surface area contributed by atoms with Crippen molar-refractivity contribution in [3.05, 3.63) is 194 Å². The Morgan fingerprint density at radius 2 is 0.909 bits per heavy atom. The number of hydrogen-bond acceptors (Lipinski definition) is 1. The van der Waals surface area contributed by atoms with E-state index in [9.17, 15) is 0 Å². The Morgan fingerprint density at radius 1 is 0.345 bits per heavy atom. The van der Waals surface area contributed by atoms with E-state index in [-0.39, 0.29) is 0 Å². The molecule has 0 unspecified atom stereocenters. The fraction of sp³-hybridized carbons (Fsp3) is 0. The Balaban J connectivity index is 1.07. The van der Waals surface area contributed by atoms with Crippen molar-refractivity contribution in [2.75, 3.05) is 0 Å². The molecule has 0 atom stereocenters. The van der Waals surface area contributed by atoms with Crippen molar-refractivity contribution in [2.45, 2.75) is 0 Å². The maximum atomic E-state index is 6.77. The van der Waals surface area contributed by atoms with Crippen molar-refractivity contribution in [1.29, 1.82) is 0 Å². The van der Waals surface area contributed by atoms with Crippen LogP contribution in [0, 0.1) is 0 Å². The molecule has 0 aliphatic carbocycles. The summed E-state index contributed by atoms with van der Waals surface area (Å²) in [5.41, 5.74) is 13.4. The quantitative estimate of drug-likeness (QED) is 0.179. The average molecular weight is 701 g/mol. The highest BCUT2D eigenvalue weighted by molar-refractivity contribution is 6.18. The van der Waals surface area contributed by atoms with Crippen LogP contribution in [0.4, 0.5) is 0 Å². The van der Waals surface area contributed by atoms with Gasteiger partial charge in [-0.1, -0.05) is 121 Å². The first-order chi connectivity index (χ1) is 27.3. The fourth-order valence-electron chi connectivity index (χ4n) is 9.00. The summed E-state index contributed by atoms with van der Waals surface area (Å²) < 4.78 is 11.6. The van der Waals surface area contributed by atoms with E-state index in [0.29, 0.717) is 0 Å². The van der Waals surface area contributed by atoms with Crippen molar-refractivity contribution < 1.29 is 4.42 Å². The summed E-state index contributed by atoms with van der Waals surface area (Å²) in [6.45, 7) is 0. The average Bonchev–Trinajstić information content (AvgIpc) is 3.91. The molecule has 0 aliphatic heterocycles. The van der Waals surface area contributed by atoms with Crippen molar-refractivity contribution in [3.63, 3.8) is 0 Å². The first-order valence-corrected chi connectivity index (χ1v) is 18.8. The Hall–Kier alpha value is -7.36. The zero-order chi connectivity index (χ0) is 36.0. The van der Waals surface area contributed by atoms with Gasteiger partial charge >= 0.3 is 0 Å². The molecule has 3 aromatic heterocycles. The summed E-state index contributed by atoms with van der Waals surface area (Å²) in [6.07, 6.45) is 0. The SMILES string of the molecule is c1ccc(-n2c3ccccc3c3cc(-c4ccc5c(c4)c4ccccc4n5-c4ccc(-c5ccc6ccccc6c5)c5oc6ccccc6c45)ccc32)cc1. The summed E-state index contributed by atoms with van der Waals surface area (Å²) in [4.78, 5) is 0. The third kappa shape index (κ3) is 4.44. The van der Waals surface area contributed by atoms with Gasteiger partial charge in [-0.05, 0) is 100 Å². The normalized spacial score (nSPS) is 12.0. The first kappa shape index (κ1) is 30.1. The molecular formula is C52H32N2O. The van der Waals surface area contributed by atoms with Gasteiger partial charge in [0.05, 0.1) is 33.1 Å². The Labute approximate surface area is 316 Å². The van der Waals surface area contributed by atoms with Crippen molar-refractivity contribution in [2.24, 2.45) is 0 Å². The van der Waals surface area contributed by atoms with Crippen molar-refractivity contribution in [1.82, 2.24) is 9.13 Å². The second kappa shape index (κ2) is 11.6. The predicted molar refractivity (Wildman–Crippen MR) is 231 cm³/mol. The van der Waals surface area contributed by atoms with Crippen LogP contribution in [0.1, 0.15) is 0 Å². The summed E-state index contributed by atoms with van der Waals surface area (Å²) >= 11 is 0. The van der Waals surface area contributed by atoms with Crippen LogP contribution in [0.3, 0.4) is 0 Å². The van der Waals surface area contributed by atoms with Gasteiger partial charge in [-0.2, -0.15) is 0 Å². The molecule has 9 aromatic carbocycles. The van der Waals surface area contributed by atoms with E-state index in [4.69, 9.17) is 4.42 Å². The number of para-hydroxylation sites is 4. The Morgan fingerprint density at radius 3 is 1.65 bits per heavy atom. The largest absolute Gasteiger partial charge is 0.455 e. The topological polar surface area (TPSA) is 23.0 Å². The molecule has 3 heteroatoms. The minimum absolute atomic E-state index is 0.888. The molecule has 0 fully saturated rings. The molecule has 0 bridgehead atoms. The minimum atomic E-state index is 0.888. The first-order valence-electron chi connectivity index (χ1n) is 18.8. The zero-order valence-corrected chi connectivity index (χ0v) is 29.8. The van der Waals surface area contributed by atoms with Gasteiger partial charge in [0.25, 0.3) is 0 Å². The van der Waals surface area contributed by atoms with Gasteiger partial charge < -0.3 is 13.6 Å². The summed E-state index contributed by atoms with van der Waals surface area (Å²) in [5, 5.41) is 9.62. The number of nitrogens with zero attached hydrogens (tertiary/aromatic N) is 2. The molecule has 3 nitrogen and oxygen atoms in total. The fourth-order valence-corrected chi connectivity index (χ4v) is 9.00. The standard InChI is InChI=1S/C52H32N2O/c1-2-14-38(15-3-1)53-45-19-9-6-16-40(45)43-31-35(24-27-47(43)53)36-25-28-48-44(32-36)41-17-7-10-20-46(41)54(48)49-29-26-39(37-23-22-33-12-4-5-13-34(33)30-37)52-51(49)42-18-8-11-21-50(42)55-52/h1-32H. The van der Waals surface area contributed by atoms with Crippen LogP contribution in [0.25, 0.3) is 110 Å². The van der Waals surface area contributed by atoms with Gasteiger partial charge in [0.15, 0.2) is 0 Å². The lowest BCUT2D eigenvalue weighted by atomic mass is 9.98. The molecule has 0 saturated heterocycles. The van der Waals surface area contributed by atoms with Crippen LogP contribution in [0.5, 0.6) is 0 Å². The molecule has 12 aromatic rings. The van der Waals surface area contributed by atoms with E-state index in [1.807, 2.05) is 0 Å². The highest BCUT2D eigenvalue weighted by Gasteiger charge is 2.21. The van der Waals surface area contributed by atoms with E-state index in [1.54, 1.807) is 0 Å². The lowest BCUT2D eigenvalue weighted by molar-refractivity contribution is 0.670. The zero-order valence-electron chi connectivity index (χ0n) is 29.8. The van der Waals surface area contributed by atoms with Crippen molar-refractivity contribution in [3.8, 4) is 33.6 Å². The number of rotatable bonds is 4. The number of fused-ring (bicyclic) bond motifs is 10. The van der Waals surface area contributed by atoms with Gasteiger partial charge in [-0.25, -0.2) is 0 Å². The van der Waals surface area contributed by atoms with Gasteiger partial charge in [0.2, 0.25) is 0 Å². The second-order valence-electron chi connectivity index (χ2n) is 14.5. The van der Waals surface area contributed by atoms with Crippen LogP contribution in [-0.4, -0.2) is 9.13 Å². The molecule has 256 valence electrons. The highest BCUT2D eigenvalue weighted by atomic mass is 16.3. The molecule has 0 saturated carbocycles. The third-order valence-corrected chi connectivity index (χ3v) is 11.5. The smallest absolute Gasteiger partial charge is 0.145 e. The lowest BCUT2D eigenvalue weighted by Gasteiger charge is -2.13. The molecule has 0 amide bonds. The molecular weight excluding hydrogens is 669 g/mol. The Kier molecular flexibility index (Phi) is 6.34. The maximum Gasteiger partial charge on any atom is 0.145 e. The number of benzene rings is 9. The monoisotopic (exact) mass is 700 g/mol. The lowest BCUT2D eigenvalue weighted by Crippen LogP contribution is -1.95. The molecule has 55 heavy (non-hydrogen) atoms. The van der Waals surface area contributed by atoms with E-state index in [2.05, 4.69) is 203 Å². The van der Waals surface area contributed by atoms with E-state index in [0.717, 1.165) is 44.3 Å². The van der Waals surface area contributed by atoms with Gasteiger partial charge in [0, 0.05) is 38.2 Å². The summed E-state index contributed by atoms with van der Waals surface area (Å²) in [5.74, 6) is 0. The number of aromatic nitrogens is 2. The number of hydrogen-bond donors (Lipinski definition) is 0. The molecule has 0 radical (unpaired) electrons. The number of furan rings is 1. The third-order valence-electron chi connectivity index (χ3n) is 11.5. The highest BCUT2D eigenvalue weighted by Crippen LogP contribution is 2.44. The summed E-state index contributed by atoms with van der Waals surface area (Å²) in [7, 11) is 0. The van der Waals surface area contributed by atoms with E-state index < -0.39 is 0 Å². The second-order valence-corrected chi connectivity index (χ2v) is 14.5. The minimum Gasteiger partial charge on any atom is -0.455 e. The van der Waals surface area contributed by atoms with Crippen LogP contribution in [-0.2, 0) is 0 Å². The van der Waals surface area contributed by atoms with E-state index in [1.165, 1.54) is 65.7 Å². The van der Waals surface area contributed by atoms with Crippen LogP contribution >= 0.6 is 0 Å². The van der Waals surface area contributed by atoms with Crippen molar-refractivity contribution >= 4 is 76.3 Å². The van der Waals surface area contributed by atoms with Crippen LogP contribution in [0.15, 0.2) is 199 Å². The van der Waals surface area contributed by atoms with Crippen LogP contribution in [0.2, 0.25) is 0 Å². The Bertz CT molecular complexity index is 3490. The van der Waals surface area contributed by atoms with Gasteiger partial charge in [-0.3, -0.25) is 0 Å². The molecule has 12 rings (SSSR count). The molecule has 0 aliphatic rings. The maximum absolute atomic E-state index is 6.77. The van der Waals surface area contributed by atoms with E-state index >= 15 is 0 Å². The molecule has 3 heterocycles. The van der Waals surface area contributed by atoms with Gasteiger partial charge in [-0.15, -0.1) is 0 Å². The van der Waals surface area contributed by atoms with Gasteiger partial charge in [0.1, 0.15) is 11.2 Å². The molecule has 0 N–H and O–H groups in total. The molecule has 0 spiro atoms.